The Kier molecular flexibility index (Phi) is 3.96. The number of nitrogens with zero attached hydrogens (tertiary/aromatic N) is 2. The second-order valence-corrected chi connectivity index (χ2v) is 4.69. The maximum Gasteiger partial charge on any atom is 0.251 e. The van der Waals surface area contributed by atoms with Gasteiger partial charge in [-0.05, 0) is 28.1 Å². The van der Waals surface area contributed by atoms with Gasteiger partial charge in [-0.15, -0.1) is 0 Å². The molecule has 0 unspecified atom stereocenters. The molecule has 0 fully saturated rings. The van der Waals surface area contributed by atoms with Crippen molar-refractivity contribution in [2.45, 2.75) is 6.54 Å². The molecule has 0 aliphatic rings. The summed E-state index contributed by atoms with van der Waals surface area (Å²) in [6.07, 6.45) is 4.57. The summed E-state index contributed by atoms with van der Waals surface area (Å²) in [4.78, 5) is 27.3. The van der Waals surface area contributed by atoms with Crippen LogP contribution in [0.2, 0.25) is 0 Å². The van der Waals surface area contributed by atoms with Crippen LogP contribution in [-0.2, 0) is 11.3 Å². The van der Waals surface area contributed by atoms with Crippen molar-refractivity contribution in [3.05, 3.63) is 51.6 Å². The molecule has 0 aliphatic heterocycles. The van der Waals surface area contributed by atoms with Gasteiger partial charge >= 0.3 is 0 Å². The highest BCUT2D eigenvalue weighted by Gasteiger charge is 2.07. The molecule has 2 aromatic rings. The van der Waals surface area contributed by atoms with E-state index in [0.717, 1.165) is 0 Å². The molecule has 6 nitrogen and oxygen atoms in total. The molecular formula is C12H11BrN4O2. The minimum absolute atomic E-state index is 0.0986. The zero-order valence-electron chi connectivity index (χ0n) is 9.84. The molecule has 3 N–H and O–H groups in total. The van der Waals surface area contributed by atoms with Gasteiger partial charge in [-0.25, -0.2) is 0 Å². The van der Waals surface area contributed by atoms with E-state index in [9.17, 15) is 9.59 Å². The lowest BCUT2D eigenvalue weighted by atomic mass is 10.4. The second kappa shape index (κ2) is 5.66. The highest BCUT2D eigenvalue weighted by molar-refractivity contribution is 9.10. The van der Waals surface area contributed by atoms with Gasteiger partial charge in [0.05, 0.1) is 10.2 Å². The summed E-state index contributed by atoms with van der Waals surface area (Å²) >= 11 is 3.27. The molecule has 7 heteroatoms. The largest absolute Gasteiger partial charge is 0.398 e. The number of halogens is 1. The number of nitrogens with two attached hydrogens (primary N) is 1. The third-order valence-corrected chi connectivity index (χ3v) is 3.00. The lowest BCUT2D eigenvalue weighted by Gasteiger charge is -2.08. The molecule has 0 aliphatic carbocycles. The van der Waals surface area contributed by atoms with Gasteiger partial charge in [0.25, 0.3) is 5.56 Å². The average molecular weight is 323 g/mol. The highest BCUT2D eigenvalue weighted by atomic mass is 79.9. The number of hydrogen-bond donors (Lipinski definition) is 2. The van der Waals surface area contributed by atoms with Gasteiger partial charge < -0.3 is 15.6 Å². The van der Waals surface area contributed by atoms with Gasteiger partial charge in [-0.1, -0.05) is 0 Å². The molecule has 19 heavy (non-hydrogen) atoms. The summed E-state index contributed by atoms with van der Waals surface area (Å²) in [5, 5.41) is 2.68. The Balaban J connectivity index is 2.12. The monoisotopic (exact) mass is 322 g/mol. The van der Waals surface area contributed by atoms with Crippen molar-refractivity contribution in [1.82, 2.24) is 9.55 Å². The Bertz CT molecular complexity index is 669. The van der Waals surface area contributed by atoms with E-state index in [0.29, 0.717) is 15.8 Å². The Morgan fingerprint density at radius 2 is 2.21 bits per heavy atom. The van der Waals surface area contributed by atoms with Crippen molar-refractivity contribution in [1.29, 1.82) is 0 Å². The lowest BCUT2D eigenvalue weighted by Crippen LogP contribution is -2.27. The van der Waals surface area contributed by atoms with Crippen molar-refractivity contribution in [2.24, 2.45) is 0 Å². The fourth-order valence-corrected chi connectivity index (χ4v) is 1.84. The predicted molar refractivity (Wildman–Crippen MR) is 75.7 cm³/mol. The van der Waals surface area contributed by atoms with E-state index >= 15 is 0 Å². The van der Waals surface area contributed by atoms with Crippen molar-refractivity contribution in [3.8, 4) is 0 Å². The van der Waals surface area contributed by atoms with E-state index in [4.69, 9.17) is 5.73 Å². The van der Waals surface area contributed by atoms with Crippen LogP contribution in [0.5, 0.6) is 0 Å². The molecule has 2 heterocycles. The molecule has 0 bridgehead atoms. The van der Waals surface area contributed by atoms with Crippen LogP contribution < -0.4 is 16.6 Å². The molecule has 2 aromatic heterocycles. The number of carbonyl (C=O) groups excluding carboxylic acids is 1. The highest BCUT2D eigenvalue weighted by Crippen LogP contribution is 2.19. The molecule has 98 valence electrons. The Hall–Kier alpha value is -2.15. The van der Waals surface area contributed by atoms with E-state index in [-0.39, 0.29) is 18.0 Å². The van der Waals surface area contributed by atoms with Gasteiger partial charge in [-0.2, -0.15) is 0 Å². The van der Waals surface area contributed by atoms with Crippen LogP contribution in [0.3, 0.4) is 0 Å². The predicted octanol–water partition coefficient (Wildman–Crippen LogP) is 1.23. The first kappa shape index (κ1) is 13.3. The van der Waals surface area contributed by atoms with E-state index in [1.807, 2.05) is 0 Å². The molecule has 0 radical (unpaired) electrons. The fourth-order valence-electron chi connectivity index (χ4n) is 1.49. The summed E-state index contributed by atoms with van der Waals surface area (Å²) < 4.78 is 1.92. The van der Waals surface area contributed by atoms with Crippen LogP contribution >= 0.6 is 15.9 Å². The number of pyridine rings is 2. The number of hydrogen-bond acceptors (Lipinski definition) is 4. The average Bonchev–Trinajstić information content (AvgIpc) is 2.37. The standard InChI is InChI=1S/C12H11BrN4O2/c13-9-5-15-4-3-10(9)16-11(18)7-17-6-8(14)1-2-12(17)19/h1-6H,7,14H2,(H,15,16,18). The van der Waals surface area contributed by atoms with Crippen LogP contribution in [0.4, 0.5) is 11.4 Å². The SMILES string of the molecule is Nc1ccc(=O)n(CC(=O)Nc2ccncc2Br)c1. The number of amides is 1. The van der Waals surface area contributed by atoms with E-state index in [1.165, 1.54) is 22.9 Å². The Morgan fingerprint density at radius 3 is 2.95 bits per heavy atom. The normalized spacial score (nSPS) is 10.2. The molecular weight excluding hydrogens is 312 g/mol. The minimum atomic E-state index is -0.320. The van der Waals surface area contributed by atoms with Crippen LogP contribution in [0, 0.1) is 0 Å². The van der Waals surface area contributed by atoms with Crippen molar-refractivity contribution >= 4 is 33.2 Å². The van der Waals surface area contributed by atoms with E-state index in [2.05, 4.69) is 26.2 Å². The third-order valence-electron chi connectivity index (χ3n) is 2.37. The van der Waals surface area contributed by atoms with Gasteiger partial charge in [0.15, 0.2) is 0 Å². The summed E-state index contributed by atoms with van der Waals surface area (Å²) in [5.74, 6) is -0.320. The molecule has 1 amide bonds. The quantitative estimate of drug-likeness (QED) is 0.889. The number of rotatable bonds is 3. The van der Waals surface area contributed by atoms with Gasteiger partial charge in [-0.3, -0.25) is 14.6 Å². The molecule has 0 aromatic carbocycles. The van der Waals surface area contributed by atoms with Crippen molar-refractivity contribution < 1.29 is 4.79 Å². The maximum atomic E-state index is 11.8. The third kappa shape index (κ3) is 3.41. The summed E-state index contributed by atoms with van der Waals surface area (Å²) in [6.45, 7) is -0.0986. The van der Waals surface area contributed by atoms with Crippen LogP contribution in [0.1, 0.15) is 0 Å². The van der Waals surface area contributed by atoms with Crippen molar-refractivity contribution in [2.75, 3.05) is 11.1 Å². The number of carbonyl (C=O) groups is 1. The molecule has 0 saturated carbocycles. The van der Waals surface area contributed by atoms with Gasteiger partial charge in [0.1, 0.15) is 6.54 Å². The zero-order chi connectivity index (χ0) is 13.8. The van der Waals surface area contributed by atoms with E-state index in [1.54, 1.807) is 18.5 Å². The number of nitrogen functional groups attached to an aromatic ring is 1. The van der Waals surface area contributed by atoms with E-state index < -0.39 is 0 Å². The van der Waals surface area contributed by atoms with Crippen LogP contribution in [0.15, 0.2) is 46.1 Å². The molecule has 2 rings (SSSR count). The first-order valence-electron chi connectivity index (χ1n) is 5.41. The van der Waals surface area contributed by atoms with Crippen LogP contribution in [0.25, 0.3) is 0 Å². The smallest absolute Gasteiger partial charge is 0.251 e. The number of nitrogens with one attached hydrogen (secondary N) is 1. The summed E-state index contributed by atoms with van der Waals surface area (Å²) in [5.41, 5.74) is 6.32. The second-order valence-electron chi connectivity index (χ2n) is 3.83. The lowest BCUT2D eigenvalue weighted by molar-refractivity contribution is -0.116. The Morgan fingerprint density at radius 1 is 1.42 bits per heavy atom. The van der Waals surface area contributed by atoms with Crippen molar-refractivity contribution in [3.63, 3.8) is 0 Å². The fraction of sp³-hybridized carbons (Fsp3) is 0.0833. The molecule has 0 spiro atoms. The maximum absolute atomic E-state index is 11.8. The first-order chi connectivity index (χ1) is 9.06. The van der Waals surface area contributed by atoms with Crippen LogP contribution in [-0.4, -0.2) is 15.5 Å². The number of aromatic nitrogens is 2. The van der Waals surface area contributed by atoms with Gasteiger partial charge in [0, 0.05) is 30.3 Å². The molecule has 0 saturated heterocycles. The summed E-state index contributed by atoms with van der Waals surface area (Å²) in [7, 11) is 0. The minimum Gasteiger partial charge on any atom is -0.398 e. The number of anilines is 2. The van der Waals surface area contributed by atoms with Gasteiger partial charge in [0.2, 0.25) is 5.91 Å². The molecule has 0 atom stereocenters. The first-order valence-corrected chi connectivity index (χ1v) is 6.21. The Labute approximate surface area is 117 Å². The summed E-state index contributed by atoms with van der Waals surface area (Å²) in [6, 6.07) is 4.48. The topological polar surface area (TPSA) is 90.0 Å². The zero-order valence-corrected chi connectivity index (χ0v) is 11.4.